The Bertz CT molecular complexity index is 766. The lowest BCUT2D eigenvalue weighted by Crippen LogP contribution is -2.03. The van der Waals surface area contributed by atoms with Gasteiger partial charge in [-0.1, -0.05) is 48.8 Å². The van der Waals surface area contributed by atoms with E-state index in [1.165, 1.54) is 12.1 Å². The number of rotatable bonds is 1. The highest BCUT2D eigenvalue weighted by molar-refractivity contribution is 7.81. The number of thiol groups is 1. The van der Waals surface area contributed by atoms with E-state index in [2.05, 4.69) is 12.6 Å². The highest BCUT2D eigenvalue weighted by Gasteiger charge is 2.30. The second kappa shape index (κ2) is 5.05. The van der Waals surface area contributed by atoms with Crippen LogP contribution in [-0.4, -0.2) is 0 Å². The van der Waals surface area contributed by atoms with Gasteiger partial charge < -0.3 is 0 Å². The second-order valence-electron chi connectivity index (χ2n) is 3.79. The first-order valence-corrected chi connectivity index (χ1v) is 6.65. The van der Waals surface area contributed by atoms with Crippen LogP contribution in [0.3, 0.4) is 0 Å². The van der Waals surface area contributed by atoms with Gasteiger partial charge in [-0.2, -0.15) is 13.2 Å². The maximum absolute atomic E-state index is 12.5. The van der Waals surface area contributed by atoms with Crippen molar-refractivity contribution in [2.45, 2.75) is 11.1 Å². The molecule has 0 fully saturated rings. The molecule has 0 bridgehead atoms. The van der Waals surface area contributed by atoms with Crippen LogP contribution in [0.5, 0.6) is 0 Å². The van der Waals surface area contributed by atoms with Gasteiger partial charge in [-0.3, -0.25) is 0 Å². The van der Waals surface area contributed by atoms with Crippen LogP contribution in [0.1, 0.15) is 5.56 Å². The summed E-state index contributed by atoms with van der Waals surface area (Å²) in [6, 6.07) is 4.68. The number of hydrogen-bond donors (Lipinski definition) is 1. The molecule has 0 N–H and O–H groups in total. The Kier molecular flexibility index (Phi) is 3.92. The zero-order valence-corrected chi connectivity index (χ0v) is 12.5. The molecule has 2 aromatic rings. The fourth-order valence-corrected chi connectivity index (χ4v) is 2.94. The molecule has 0 aliphatic rings. The smallest absolute Gasteiger partial charge is 0.166 e. The Balaban J connectivity index is 2.62. The highest BCUT2D eigenvalue weighted by atomic mass is 32.1. The lowest BCUT2D eigenvalue weighted by molar-refractivity contribution is -0.137. The van der Waals surface area contributed by atoms with Gasteiger partial charge in [0.15, 0.2) is 0 Å². The topological polar surface area (TPSA) is 0 Å². The van der Waals surface area contributed by atoms with E-state index in [1.807, 2.05) is 0 Å². The van der Waals surface area contributed by atoms with Gasteiger partial charge in [0.1, 0.15) is 0 Å². The number of alkyl halides is 3. The predicted octanol–water partition coefficient (Wildman–Crippen LogP) is 5.73. The standard InChI is InChI=1S/C12H5F3S4/c13-12(14,15)6-3-1-5(2-4-6)7-8(16)10(18)11(19)9(7)17/h1-4,16H. The second-order valence-corrected chi connectivity index (χ2v) is 5.46. The molecule has 0 aromatic heterocycles. The zero-order chi connectivity index (χ0) is 14.4. The monoisotopic (exact) mass is 334 g/mol. The van der Waals surface area contributed by atoms with Crippen molar-refractivity contribution in [1.29, 1.82) is 0 Å². The summed E-state index contributed by atoms with van der Waals surface area (Å²) in [5, 5.41) is 0. The molecule has 98 valence electrons. The SMILES string of the molecule is FC(F)(F)c1ccc(-c2c(S)c(=S)c(=S)c2=S)cc1. The molecule has 0 saturated heterocycles. The number of benzene rings is 1. The summed E-state index contributed by atoms with van der Waals surface area (Å²) in [4.78, 5) is 0.449. The van der Waals surface area contributed by atoms with E-state index in [1.54, 1.807) is 0 Å². The Labute approximate surface area is 128 Å². The number of halogens is 3. The molecule has 0 radical (unpaired) electrons. The first-order valence-electron chi connectivity index (χ1n) is 4.97. The van der Waals surface area contributed by atoms with Crippen LogP contribution in [0.15, 0.2) is 29.2 Å². The normalized spacial score (nSPS) is 11.8. The molecule has 2 aromatic carbocycles. The third kappa shape index (κ3) is 2.65. The minimum absolute atomic E-state index is 0.352. The molecule has 0 spiro atoms. The average Bonchev–Trinajstić information content (AvgIpc) is 2.53. The Morgan fingerprint density at radius 3 is 1.74 bits per heavy atom. The van der Waals surface area contributed by atoms with Gasteiger partial charge in [0.2, 0.25) is 0 Å². The van der Waals surface area contributed by atoms with Crippen LogP contribution in [-0.2, 0) is 6.18 Å². The molecule has 2 rings (SSSR count). The molecular weight excluding hydrogens is 329 g/mol. The molecule has 0 amide bonds. The third-order valence-corrected chi connectivity index (χ3v) is 4.67. The lowest BCUT2D eigenvalue weighted by Gasteiger charge is -2.07. The highest BCUT2D eigenvalue weighted by Crippen LogP contribution is 2.35. The maximum Gasteiger partial charge on any atom is 0.416 e. The lowest BCUT2D eigenvalue weighted by atomic mass is 10.1. The van der Waals surface area contributed by atoms with E-state index in [-0.39, 0.29) is 0 Å². The average molecular weight is 334 g/mol. The zero-order valence-electron chi connectivity index (χ0n) is 9.12. The van der Waals surface area contributed by atoms with Crippen molar-refractivity contribution in [1.82, 2.24) is 0 Å². The van der Waals surface area contributed by atoms with E-state index >= 15 is 0 Å². The van der Waals surface area contributed by atoms with Crippen LogP contribution in [0.4, 0.5) is 13.2 Å². The molecule has 19 heavy (non-hydrogen) atoms. The fourth-order valence-electron chi connectivity index (χ4n) is 1.64. The van der Waals surface area contributed by atoms with Crippen molar-refractivity contribution in [3.63, 3.8) is 0 Å². The first kappa shape index (κ1) is 14.8. The first-order chi connectivity index (χ1) is 8.73. The summed E-state index contributed by atoms with van der Waals surface area (Å²) in [5.74, 6) is 0. The van der Waals surface area contributed by atoms with Gasteiger partial charge in [0.25, 0.3) is 0 Å². The summed E-state index contributed by atoms with van der Waals surface area (Å²) in [6.45, 7) is 0. The van der Waals surface area contributed by atoms with Gasteiger partial charge in [-0.25, -0.2) is 0 Å². The van der Waals surface area contributed by atoms with Gasteiger partial charge in [-0.15, -0.1) is 12.6 Å². The summed E-state index contributed by atoms with van der Waals surface area (Å²) in [5.41, 5.74) is 0.346. The van der Waals surface area contributed by atoms with E-state index in [0.717, 1.165) is 12.1 Å². The van der Waals surface area contributed by atoms with Gasteiger partial charge >= 0.3 is 6.18 Å². The van der Waals surface area contributed by atoms with E-state index in [4.69, 9.17) is 36.7 Å². The number of hydrogen-bond acceptors (Lipinski definition) is 4. The van der Waals surface area contributed by atoms with Crippen molar-refractivity contribution < 1.29 is 13.2 Å². The molecule has 7 heteroatoms. The van der Waals surface area contributed by atoms with E-state index in [9.17, 15) is 13.2 Å². The van der Waals surface area contributed by atoms with Crippen LogP contribution >= 0.6 is 49.3 Å². The summed E-state index contributed by atoms with van der Waals surface area (Å²) in [7, 11) is 0. The van der Waals surface area contributed by atoms with Gasteiger partial charge in [0.05, 0.1) is 19.1 Å². The molecule has 0 atom stereocenters. The van der Waals surface area contributed by atoms with Crippen molar-refractivity contribution >= 4 is 49.3 Å². The molecule has 0 unspecified atom stereocenters. The van der Waals surface area contributed by atoms with Crippen molar-refractivity contribution in [3.8, 4) is 11.1 Å². The summed E-state index contributed by atoms with van der Waals surface area (Å²) < 4.78 is 38.5. The summed E-state index contributed by atoms with van der Waals surface area (Å²) in [6.07, 6.45) is -4.36. The van der Waals surface area contributed by atoms with Crippen molar-refractivity contribution in [2.75, 3.05) is 0 Å². The van der Waals surface area contributed by atoms with E-state index < -0.39 is 11.7 Å². The predicted molar refractivity (Wildman–Crippen MR) is 79.0 cm³/mol. The van der Waals surface area contributed by atoms with Crippen molar-refractivity contribution in [2.24, 2.45) is 0 Å². The van der Waals surface area contributed by atoms with Crippen LogP contribution in [0, 0.1) is 13.5 Å². The summed E-state index contributed by atoms with van der Waals surface area (Å²) >= 11 is 19.5. The minimum atomic E-state index is -4.36. The largest absolute Gasteiger partial charge is 0.416 e. The Hall–Kier alpha value is -0.630. The molecule has 0 heterocycles. The molecule has 0 aliphatic carbocycles. The fraction of sp³-hybridized carbons (Fsp3) is 0.0833. The molecule has 0 aliphatic heterocycles. The van der Waals surface area contributed by atoms with Crippen molar-refractivity contribution in [3.05, 3.63) is 43.4 Å². The van der Waals surface area contributed by atoms with Gasteiger partial charge in [-0.05, 0) is 17.7 Å². The van der Waals surface area contributed by atoms with Gasteiger partial charge in [0, 0.05) is 10.5 Å². The quantitative estimate of drug-likeness (QED) is 0.523. The maximum atomic E-state index is 12.5. The third-order valence-electron chi connectivity index (χ3n) is 2.59. The van der Waals surface area contributed by atoms with E-state index in [0.29, 0.717) is 29.6 Å². The molecular formula is C12H5F3S4. The Morgan fingerprint density at radius 1 is 0.842 bits per heavy atom. The van der Waals surface area contributed by atoms with Crippen LogP contribution in [0.25, 0.3) is 11.1 Å². The van der Waals surface area contributed by atoms with Crippen LogP contribution < -0.4 is 0 Å². The van der Waals surface area contributed by atoms with Crippen LogP contribution in [0.2, 0.25) is 0 Å². The molecule has 0 nitrogen and oxygen atoms in total. The Morgan fingerprint density at radius 2 is 1.37 bits per heavy atom. The minimum Gasteiger partial charge on any atom is -0.166 e. The molecule has 0 saturated carbocycles.